The summed E-state index contributed by atoms with van der Waals surface area (Å²) < 4.78 is 4.51. The summed E-state index contributed by atoms with van der Waals surface area (Å²) >= 11 is 8.12. The molecule has 0 aliphatic carbocycles. The molecular weight excluding hydrogens is 432 g/mol. The average molecular weight is 451 g/mol. The molecule has 4 aromatic rings. The van der Waals surface area contributed by atoms with Gasteiger partial charge in [0.2, 0.25) is 0 Å². The molecule has 2 aromatic heterocycles. The Hall–Kier alpha value is -2.73. The van der Waals surface area contributed by atoms with E-state index < -0.39 is 0 Å². The van der Waals surface area contributed by atoms with E-state index in [0.717, 1.165) is 23.4 Å². The van der Waals surface area contributed by atoms with E-state index in [1.807, 2.05) is 47.9 Å². The second-order valence-corrected chi connectivity index (χ2v) is 9.23. The second-order valence-electron chi connectivity index (χ2n) is 6.64. The number of aromatic nitrogens is 3. The monoisotopic (exact) mass is 450 g/mol. The van der Waals surface area contributed by atoms with Gasteiger partial charge in [0.15, 0.2) is 14.8 Å². The first-order chi connectivity index (χ1) is 14.5. The SMILES string of the molecule is CCc1ccc(-n2c(=S)sc3c(=O)n(-c4ccccc4C)c(SCC#N)nc32)cc1. The summed E-state index contributed by atoms with van der Waals surface area (Å²) in [6, 6.07) is 17.9. The van der Waals surface area contributed by atoms with Crippen molar-refractivity contribution in [2.45, 2.75) is 25.4 Å². The molecule has 5 nitrogen and oxygen atoms in total. The molecule has 0 spiro atoms. The second kappa shape index (κ2) is 8.56. The van der Waals surface area contributed by atoms with Crippen molar-refractivity contribution in [3.8, 4) is 17.4 Å². The van der Waals surface area contributed by atoms with Crippen LogP contribution >= 0.6 is 35.3 Å². The molecule has 2 aromatic carbocycles. The van der Waals surface area contributed by atoms with Crippen molar-refractivity contribution in [1.29, 1.82) is 5.26 Å². The fraction of sp³-hybridized carbons (Fsp3) is 0.182. The molecule has 0 saturated heterocycles. The van der Waals surface area contributed by atoms with Gasteiger partial charge in [-0.2, -0.15) is 5.26 Å². The van der Waals surface area contributed by atoms with Gasteiger partial charge in [-0.1, -0.05) is 60.4 Å². The summed E-state index contributed by atoms with van der Waals surface area (Å²) in [7, 11) is 0. The molecule has 0 atom stereocenters. The van der Waals surface area contributed by atoms with E-state index in [-0.39, 0.29) is 11.3 Å². The molecule has 0 radical (unpaired) electrons. The third kappa shape index (κ3) is 3.60. The van der Waals surface area contributed by atoms with E-state index in [0.29, 0.717) is 19.5 Å². The normalized spacial score (nSPS) is 11.0. The number of thioether (sulfide) groups is 1. The first-order valence-electron chi connectivity index (χ1n) is 9.38. The van der Waals surface area contributed by atoms with Gasteiger partial charge < -0.3 is 0 Å². The highest BCUT2D eigenvalue weighted by atomic mass is 32.2. The smallest absolute Gasteiger partial charge is 0.275 e. The van der Waals surface area contributed by atoms with Crippen LogP contribution in [0.4, 0.5) is 0 Å². The van der Waals surface area contributed by atoms with E-state index in [2.05, 4.69) is 25.1 Å². The van der Waals surface area contributed by atoms with Crippen LogP contribution in [0, 0.1) is 22.2 Å². The molecular formula is C22H18N4OS3. The molecule has 0 bridgehead atoms. The quantitative estimate of drug-likeness (QED) is 0.230. The van der Waals surface area contributed by atoms with Gasteiger partial charge in [0.05, 0.1) is 17.5 Å². The number of para-hydroxylation sites is 1. The van der Waals surface area contributed by atoms with Crippen molar-refractivity contribution in [3.05, 3.63) is 74.0 Å². The molecule has 2 heterocycles. The van der Waals surface area contributed by atoms with E-state index in [1.54, 1.807) is 4.57 Å². The molecule has 0 saturated carbocycles. The Morgan fingerprint density at radius 3 is 2.57 bits per heavy atom. The summed E-state index contributed by atoms with van der Waals surface area (Å²) in [5, 5.41) is 9.59. The van der Waals surface area contributed by atoms with Crippen LogP contribution in [-0.2, 0) is 6.42 Å². The molecule has 0 aliphatic heterocycles. The Balaban J connectivity index is 2.03. The van der Waals surface area contributed by atoms with Crippen LogP contribution in [-0.4, -0.2) is 19.9 Å². The number of hydrogen-bond acceptors (Lipinski definition) is 6. The fourth-order valence-electron chi connectivity index (χ4n) is 3.26. The predicted octanol–water partition coefficient (Wildman–Crippen LogP) is 5.45. The first-order valence-corrected chi connectivity index (χ1v) is 11.6. The lowest BCUT2D eigenvalue weighted by Crippen LogP contribution is -2.22. The molecule has 8 heteroatoms. The largest absolute Gasteiger partial charge is 0.278 e. The highest BCUT2D eigenvalue weighted by molar-refractivity contribution is 7.99. The zero-order valence-electron chi connectivity index (χ0n) is 16.5. The summed E-state index contributed by atoms with van der Waals surface area (Å²) in [5.74, 6) is 0.194. The van der Waals surface area contributed by atoms with Crippen LogP contribution < -0.4 is 5.56 Å². The highest BCUT2D eigenvalue weighted by Crippen LogP contribution is 2.28. The number of nitriles is 1. The van der Waals surface area contributed by atoms with Crippen molar-refractivity contribution >= 4 is 45.7 Å². The van der Waals surface area contributed by atoms with Gasteiger partial charge in [-0.05, 0) is 54.9 Å². The van der Waals surface area contributed by atoms with Gasteiger partial charge in [-0.3, -0.25) is 13.9 Å². The van der Waals surface area contributed by atoms with Gasteiger partial charge in [-0.25, -0.2) is 4.98 Å². The zero-order chi connectivity index (χ0) is 21.3. The summed E-state index contributed by atoms with van der Waals surface area (Å²) in [6.45, 7) is 4.06. The van der Waals surface area contributed by atoms with Crippen molar-refractivity contribution in [3.63, 3.8) is 0 Å². The van der Waals surface area contributed by atoms with Crippen LogP contribution in [0.5, 0.6) is 0 Å². The minimum atomic E-state index is -0.172. The van der Waals surface area contributed by atoms with Gasteiger partial charge in [-0.15, -0.1) is 0 Å². The minimum Gasteiger partial charge on any atom is -0.275 e. The predicted molar refractivity (Wildman–Crippen MR) is 126 cm³/mol. The van der Waals surface area contributed by atoms with Gasteiger partial charge in [0.25, 0.3) is 5.56 Å². The van der Waals surface area contributed by atoms with Crippen molar-refractivity contribution in [2.75, 3.05) is 5.75 Å². The molecule has 4 rings (SSSR count). The molecule has 0 aliphatic rings. The maximum absolute atomic E-state index is 13.5. The van der Waals surface area contributed by atoms with Gasteiger partial charge in [0, 0.05) is 5.69 Å². The fourth-order valence-corrected chi connectivity index (χ4v) is 5.23. The summed E-state index contributed by atoms with van der Waals surface area (Å²) in [5.41, 5.74) is 4.18. The molecule has 30 heavy (non-hydrogen) atoms. The zero-order valence-corrected chi connectivity index (χ0v) is 18.9. The van der Waals surface area contributed by atoms with Crippen LogP contribution in [0.25, 0.3) is 21.7 Å². The summed E-state index contributed by atoms with van der Waals surface area (Å²) in [4.78, 5) is 18.4. The minimum absolute atomic E-state index is 0.172. The van der Waals surface area contributed by atoms with Crippen LogP contribution in [0.1, 0.15) is 18.1 Å². The molecule has 0 N–H and O–H groups in total. The Morgan fingerprint density at radius 2 is 1.90 bits per heavy atom. The molecule has 0 unspecified atom stereocenters. The number of fused-ring (bicyclic) bond motifs is 1. The lowest BCUT2D eigenvalue weighted by Gasteiger charge is -2.14. The third-order valence-corrected chi connectivity index (χ3v) is 6.96. The van der Waals surface area contributed by atoms with E-state index in [9.17, 15) is 4.79 Å². The Labute approximate surface area is 187 Å². The standard InChI is InChI=1S/C22H18N4OS3/c1-3-15-8-10-16(11-9-15)25-19-18(30-22(25)28)20(27)26(21(24-19)29-13-12-23)17-7-5-4-6-14(17)2/h4-11H,3,13H2,1-2H3. The highest BCUT2D eigenvalue weighted by Gasteiger charge is 2.19. The van der Waals surface area contributed by atoms with Crippen LogP contribution in [0.2, 0.25) is 0 Å². The van der Waals surface area contributed by atoms with Crippen LogP contribution in [0.15, 0.2) is 58.5 Å². The maximum Gasteiger partial charge on any atom is 0.278 e. The van der Waals surface area contributed by atoms with Crippen molar-refractivity contribution in [1.82, 2.24) is 14.1 Å². The first kappa shape index (κ1) is 20.5. The number of benzene rings is 2. The number of rotatable bonds is 5. The average Bonchev–Trinajstić information content (AvgIpc) is 3.09. The van der Waals surface area contributed by atoms with E-state index in [4.69, 9.17) is 22.5 Å². The maximum atomic E-state index is 13.5. The van der Waals surface area contributed by atoms with Gasteiger partial charge in [0.1, 0.15) is 4.70 Å². The number of thiazole rings is 1. The topological polar surface area (TPSA) is 63.6 Å². The van der Waals surface area contributed by atoms with E-state index >= 15 is 0 Å². The lowest BCUT2D eigenvalue weighted by atomic mass is 10.1. The summed E-state index contributed by atoms with van der Waals surface area (Å²) in [6.07, 6.45) is 0.949. The van der Waals surface area contributed by atoms with Crippen molar-refractivity contribution in [2.24, 2.45) is 0 Å². The molecule has 0 amide bonds. The number of aryl methyl sites for hydroxylation is 2. The number of nitrogens with zero attached hydrogens (tertiary/aromatic N) is 4. The Bertz CT molecular complexity index is 1390. The molecule has 0 fully saturated rings. The Kier molecular flexibility index (Phi) is 5.86. The molecule has 150 valence electrons. The van der Waals surface area contributed by atoms with Crippen molar-refractivity contribution < 1.29 is 0 Å². The third-order valence-electron chi connectivity index (χ3n) is 4.80. The van der Waals surface area contributed by atoms with E-state index in [1.165, 1.54) is 28.7 Å². The van der Waals surface area contributed by atoms with Gasteiger partial charge >= 0.3 is 0 Å². The van der Waals surface area contributed by atoms with Crippen LogP contribution in [0.3, 0.4) is 0 Å². The lowest BCUT2D eigenvalue weighted by molar-refractivity contribution is 0.808. The number of hydrogen-bond donors (Lipinski definition) is 0. The Morgan fingerprint density at radius 1 is 1.17 bits per heavy atom.